The van der Waals surface area contributed by atoms with Crippen LogP contribution in [0.25, 0.3) is 23.0 Å². The standard InChI is InChI=1S/C29H26N4O6/c1-18-23(28(35)32(12-13-39-19(2)34)29(36)24(18)16-30)14-21-17-33(22-8-6-5-7-9-22)31-27(21)20-10-11-25(37-3)26(15-20)38-4/h5-11,14-15,17H,12-13H2,1-4H3/b23-14+. The summed E-state index contributed by atoms with van der Waals surface area (Å²) in [5.74, 6) is -0.825. The van der Waals surface area contributed by atoms with Gasteiger partial charge in [0.1, 0.15) is 23.9 Å². The van der Waals surface area contributed by atoms with Gasteiger partial charge in [0.25, 0.3) is 11.8 Å². The molecule has 0 bridgehead atoms. The van der Waals surface area contributed by atoms with E-state index in [0.717, 1.165) is 10.6 Å². The number of carbonyl (C=O) groups is 3. The first-order chi connectivity index (χ1) is 18.8. The smallest absolute Gasteiger partial charge is 0.302 e. The van der Waals surface area contributed by atoms with Crippen molar-refractivity contribution in [3.8, 4) is 34.5 Å². The zero-order valence-corrected chi connectivity index (χ0v) is 21.9. The number of amides is 2. The van der Waals surface area contributed by atoms with Crippen molar-refractivity contribution >= 4 is 23.9 Å². The number of carbonyl (C=O) groups excluding carboxylic acids is 3. The van der Waals surface area contributed by atoms with Crippen molar-refractivity contribution in [2.24, 2.45) is 0 Å². The Bertz CT molecular complexity index is 1550. The Morgan fingerprint density at radius 2 is 1.77 bits per heavy atom. The number of benzene rings is 2. The lowest BCUT2D eigenvalue weighted by Gasteiger charge is -2.27. The van der Waals surface area contributed by atoms with E-state index in [2.05, 4.69) is 0 Å². The van der Waals surface area contributed by atoms with Crippen LogP contribution in [0.1, 0.15) is 19.4 Å². The molecule has 10 heteroatoms. The van der Waals surface area contributed by atoms with E-state index < -0.39 is 17.8 Å². The number of rotatable bonds is 8. The molecule has 0 unspecified atom stereocenters. The summed E-state index contributed by atoms with van der Waals surface area (Å²) in [6.45, 7) is 2.43. The molecule has 1 aromatic heterocycles. The summed E-state index contributed by atoms with van der Waals surface area (Å²) in [4.78, 5) is 38.5. The molecule has 3 aromatic rings. The first kappa shape index (κ1) is 26.9. The van der Waals surface area contributed by atoms with Crippen LogP contribution in [0.5, 0.6) is 11.5 Å². The van der Waals surface area contributed by atoms with Crippen LogP contribution in [0.2, 0.25) is 0 Å². The average molecular weight is 527 g/mol. The van der Waals surface area contributed by atoms with Crippen molar-refractivity contribution in [2.75, 3.05) is 27.4 Å². The molecule has 0 fully saturated rings. The number of nitrogens with zero attached hydrogens (tertiary/aromatic N) is 4. The van der Waals surface area contributed by atoms with Gasteiger partial charge in [0, 0.05) is 29.8 Å². The van der Waals surface area contributed by atoms with Gasteiger partial charge in [-0.05, 0) is 48.9 Å². The summed E-state index contributed by atoms with van der Waals surface area (Å²) in [6.07, 6.45) is 3.37. The normalized spacial score (nSPS) is 14.4. The van der Waals surface area contributed by atoms with Crippen LogP contribution in [-0.4, -0.2) is 59.8 Å². The molecule has 0 saturated heterocycles. The van der Waals surface area contributed by atoms with E-state index in [9.17, 15) is 19.6 Å². The number of methoxy groups -OCH3 is 2. The third-order valence-corrected chi connectivity index (χ3v) is 6.17. The maximum absolute atomic E-state index is 13.5. The lowest BCUT2D eigenvalue weighted by molar-refractivity contribution is -0.147. The Kier molecular flexibility index (Phi) is 7.91. The fraction of sp³-hybridized carbons (Fsp3) is 0.207. The number of ether oxygens (including phenoxy) is 3. The molecule has 0 N–H and O–H groups in total. The average Bonchev–Trinajstić information content (AvgIpc) is 3.37. The molecule has 39 heavy (non-hydrogen) atoms. The zero-order chi connectivity index (χ0) is 28.1. The highest BCUT2D eigenvalue weighted by Crippen LogP contribution is 2.35. The molecule has 0 aliphatic carbocycles. The molecule has 1 aliphatic heterocycles. The molecule has 0 radical (unpaired) electrons. The van der Waals surface area contributed by atoms with Crippen molar-refractivity contribution < 1.29 is 28.6 Å². The predicted octanol–water partition coefficient (Wildman–Crippen LogP) is 3.71. The SMILES string of the molecule is COc1ccc(-c2nn(-c3ccccc3)cc2/C=C2/C(=O)N(CCOC(C)=O)C(=O)C(C#N)=C2C)cc1OC. The van der Waals surface area contributed by atoms with Gasteiger partial charge in [-0.25, -0.2) is 4.68 Å². The van der Waals surface area contributed by atoms with Gasteiger partial charge in [0.15, 0.2) is 11.5 Å². The fourth-order valence-electron chi connectivity index (χ4n) is 4.18. The van der Waals surface area contributed by atoms with E-state index in [-0.39, 0.29) is 29.9 Å². The van der Waals surface area contributed by atoms with Gasteiger partial charge >= 0.3 is 5.97 Å². The first-order valence-corrected chi connectivity index (χ1v) is 12.0. The molecule has 0 spiro atoms. The Morgan fingerprint density at radius 3 is 2.41 bits per heavy atom. The maximum atomic E-state index is 13.5. The minimum Gasteiger partial charge on any atom is -0.493 e. The minimum atomic E-state index is -0.732. The quantitative estimate of drug-likeness (QED) is 0.247. The summed E-state index contributed by atoms with van der Waals surface area (Å²) < 4.78 is 17.4. The number of aromatic nitrogens is 2. The molecule has 198 valence electrons. The summed E-state index contributed by atoms with van der Waals surface area (Å²) in [6, 6.07) is 16.7. The van der Waals surface area contributed by atoms with Gasteiger partial charge in [0.05, 0.1) is 26.5 Å². The predicted molar refractivity (Wildman–Crippen MR) is 142 cm³/mol. The Labute approximate surface area is 225 Å². The van der Waals surface area contributed by atoms with Crippen molar-refractivity contribution in [1.82, 2.24) is 14.7 Å². The van der Waals surface area contributed by atoms with Crippen LogP contribution in [0.4, 0.5) is 0 Å². The van der Waals surface area contributed by atoms with E-state index in [4.69, 9.17) is 19.3 Å². The number of hydrogen-bond acceptors (Lipinski definition) is 8. The second-order valence-corrected chi connectivity index (χ2v) is 8.55. The first-order valence-electron chi connectivity index (χ1n) is 12.0. The minimum absolute atomic E-state index is 0.156. The third kappa shape index (κ3) is 5.43. The van der Waals surface area contributed by atoms with Crippen LogP contribution < -0.4 is 9.47 Å². The lowest BCUT2D eigenvalue weighted by Crippen LogP contribution is -2.44. The van der Waals surface area contributed by atoms with Crippen molar-refractivity contribution in [3.63, 3.8) is 0 Å². The van der Waals surface area contributed by atoms with E-state index in [1.165, 1.54) is 14.0 Å². The fourth-order valence-corrected chi connectivity index (χ4v) is 4.18. The van der Waals surface area contributed by atoms with Crippen LogP contribution in [0.15, 0.2) is 71.4 Å². The number of para-hydroxylation sites is 1. The number of imide groups is 1. The summed E-state index contributed by atoms with van der Waals surface area (Å²) >= 11 is 0. The molecule has 0 saturated carbocycles. The van der Waals surface area contributed by atoms with E-state index in [1.54, 1.807) is 43.1 Å². The highest BCUT2D eigenvalue weighted by atomic mass is 16.5. The maximum Gasteiger partial charge on any atom is 0.302 e. The molecule has 2 heterocycles. The summed E-state index contributed by atoms with van der Waals surface area (Å²) in [5, 5.41) is 14.5. The largest absolute Gasteiger partial charge is 0.493 e. The summed E-state index contributed by atoms with van der Waals surface area (Å²) in [7, 11) is 3.08. The molecule has 4 rings (SSSR count). The van der Waals surface area contributed by atoms with E-state index >= 15 is 0 Å². The highest BCUT2D eigenvalue weighted by molar-refractivity contribution is 6.19. The van der Waals surface area contributed by atoms with Gasteiger partial charge in [-0.2, -0.15) is 10.4 Å². The van der Waals surface area contributed by atoms with E-state index in [1.807, 2.05) is 42.5 Å². The second kappa shape index (κ2) is 11.5. The van der Waals surface area contributed by atoms with Gasteiger partial charge < -0.3 is 14.2 Å². The van der Waals surface area contributed by atoms with Crippen molar-refractivity contribution in [2.45, 2.75) is 13.8 Å². The number of hydrogen-bond donors (Lipinski definition) is 0. The highest BCUT2D eigenvalue weighted by Gasteiger charge is 2.35. The van der Waals surface area contributed by atoms with Crippen LogP contribution in [0, 0.1) is 11.3 Å². The molecule has 2 amide bonds. The Morgan fingerprint density at radius 1 is 1.05 bits per heavy atom. The molecule has 0 atom stereocenters. The van der Waals surface area contributed by atoms with Crippen LogP contribution >= 0.6 is 0 Å². The Balaban J connectivity index is 1.87. The van der Waals surface area contributed by atoms with E-state index in [0.29, 0.717) is 28.3 Å². The molecular weight excluding hydrogens is 500 g/mol. The molecular formula is C29H26N4O6. The number of esters is 1. The van der Waals surface area contributed by atoms with Gasteiger partial charge in [0.2, 0.25) is 0 Å². The van der Waals surface area contributed by atoms with Crippen molar-refractivity contribution in [1.29, 1.82) is 5.26 Å². The topological polar surface area (TPSA) is 124 Å². The van der Waals surface area contributed by atoms with Gasteiger partial charge in [-0.1, -0.05) is 18.2 Å². The molecule has 1 aliphatic rings. The molecule has 10 nitrogen and oxygen atoms in total. The van der Waals surface area contributed by atoms with Crippen LogP contribution in [-0.2, 0) is 19.1 Å². The van der Waals surface area contributed by atoms with Gasteiger partial charge in [-0.15, -0.1) is 0 Å². The lowest BCUT2D eigenvalue weighted by atomic mass is 9.93. The molecule has 2 aromatic carbocycles. The number of nitriles is 1. The summed E-state index contributed by atoms with van der Waals surface area (Å²) in [5.41, 5.74) is 2.84. The van der Waals surface area contributed by atoms with Crippen molar-refractivity contribution in [3.05, 3.63) is 77.0 Å². The monoisotopic (exact) mass is 526 g/mol. The third-order valence-electron chi connectivity index (χ3n) is 6.17. The Hall–Kier alpha value is -5.17. The zero-order valence-electron chi connectivity index (χ0n) is 21.9. The second-order valence-electron chi connectivity index (χ2n) is 8.55. The van der Waals surface area contributed by atoms with Gasteiger partial charge in [-0.3, -0.25) is 19.3 Å². The van der Waals surface area contributed by atoms with Crippen LogP contribution in [0.3, 0.4) is 0 Å².